The Bertz CT molecular complexity index is 1220. The van der Waals surface area contributed by atoms with Crippen molar-refractivity contribution in [2.24, 2.45) is 5.92 Å². The number of anilines is 2. The highest BCUT2D eigenvalue weighted by atomic mass is 32.1. The number of nitrogen functional groups attached to an aromatic ring is 1. The van der Waals surface area contributed by atoms with Gasteiger partial charge in [-0.1, -0.05) is 6.07 Å². The molecular formula is C25H30N6OS. The highest BCUT2D eigenvalue weighted by Crippen LogP contribution is 2.34. The van der Waals surface area contributed by atoms with E-state index < -0.39 is 0 Å². The Morgan fingerprint density at radius 3 is 3.03 bits per heavy atom. The van der Waals surface area contributed by atoms with Crippen LogP contribution in [0.15, 0.2) is 24.3 Å². The van der Waals surface area contributed by atoms with Crippen LogP contribution in [-0.4, -0.2) is 47.6 Å². The van der Waals surface area contributed by atoms with Gasteiger partial charge in [0.15, 0.2) is 0 Å². The quantitative estimate of drug-likeness (QED) is 0.554. The van der Waals surface area contributed by atoms with Gasteiger partial charge >= 0.3 is 0 Å². The summed E-state index contributed by atoms with van der Waals surface area (Å²) in [5.41, 5.74) is 10.2. The first-order chi connectivity index (χ1) is 16.1. The van der Waals surface area contributed by atoms with Crippen molar-refractivity contribution in [1.82, 2.24) is 20.6 Å². The van der Waals surface area contributed by atoms with Crippen LogP contribution in [0.1, 0.15) is 45.9 Å². The van der Waals surface area contributed by atoms with Gasteiger partial charge in [-0.15, -0.1) is 11.3 Å². The van der Waals surface area contributed by atoms with Gasteiger partial charge in [0.05, 0.1) is 5.69 Å². The maximum atomic E-state index is 13.0. The van der Waals surface area contributed by atoms with E-state index in [1.54, 1.807) is 0 Å². The second kappa shape index (κ2) is 8.25. The standard InChI is InChI=1S/C25H30N6OS/c1-14-2-5-18-22(26)23(33-25(18)28-14)24(32)29-17-4-6-19-15(12-17)3-7-21(30-19)31-11-9-16-13-27-10-8-20(16)31/h2-3,5,7,16-17,20,27H,4,6,8-13,26H2,1H3,(H,29,32)/t16-,17+,20+/m1/s1. The van der Waals surface area contributed by atoms with E-state index in [1.807, 2.05) is 19.1 Å². The van der Waals surface area contributed by atoms with Gasteiger partial charge in [-0.2, -0.15) is 0 Å². The Morgan fingerprint density at radius 2 is 2.12 bits per heavy atom. The topological polar surface area (TPSA) is 96.2 Å². The van der Waals surface area contributed by atoms with Crippen molar-refractivity contribution in [3.8, 4) is 0 Å². The van der Waals surface area contributed by atoms with E-state index in [2.05, 4.69) is 32.7 Å². The van der Waals surface area contributed by atoms with E-state index in [1.165, 1.54) is 35.4 Å². The normalized spacial score (nSPS) is 24.5. The highest BCUT2D eigenvalue weighted by molar-refractivity contribution is 7.21. The summed E-state index contributed by atoms with van der Waals surface area (Å²) in [5, 5.41) is 7.61. The zero-order valence-electron chi connectivity index (χ0n) is 18.9. The third-order valence-electron chi connectivity index (χ3n) is 7.53. The number of piperidine rings is 1. The lowest BCUT2D eigenvalue weighted by atomic mass is 9.91. The van der Waals surface area contributed by atoms with E-state index in [4.69, 9.17) is 10.7 Å². The first-order valence-electron chi connectivity index (χ1n) is 12.0. The molecule has 3 atom stereocenters. The summed E-state index contributed by atoms with van der Waals surface area (Å²) >= 11 is 1.37. The molecule has 0 radical (unpaired) electrons. The molecular weight excluding hydrogens is 432 g/mol. The number of hydrogen-bond donors (Lipinski definition) is 3. The van der Waals surface area contributed by atoms with Crippen LogP contribution in [0.3, 0.4) is 0 Å². The molecule has 2 aliphatic heterocycles. The molecule has 2 saturated heterocycles. The zero-order valence-corrected chi connectivity index (χ0v) is 19.8. The molecule has 5 heterocycles. The molecule has 0 saturated carbocycles. The van der Waals surface area contributed by atoms with Gasteiger partial charge in [0.25, 0.3) is 5.91 Å². The number of nitrogens with zero attached hydrogens (tertiary/aromatic N) is 3. The summed E-state index contributed by atoms with van der Waals surface area (Å²) in [6.45, 7) is 5.28. The summed E-state index contributed by atoms with van der Waals surface area (Å²) < 4.78 is 0. The number of aromatic nitrogens is 2. The van der Waals surface area contributed by atoms with Gasteiger partial charge in [0.1, 0.15) is 15.5 Å². The fourth-order valence-electron chi connectivity index (χ4n) is 5.76. The maximum Gasteiger partial charge on any atom is 0.263 e. The number of fused-ring (bicyclic) bond motifs is 3. The Hall–Kier alpha value is -2.71. The van der Waals surface area contributed by atoms with Crippen LogP contribution in [0.5, 0.6) is 0 Å². The van der Waals surface area contributed by atoms with Crippen molar-refractivity contribution in [2.45, 2.75) is 51.1 Å². The summed E-state index contributed by atoms with van der Waals surface area (Å²) in [6.07, 6.45) is 5.05. The SMILES string of the molecule is Cc1ccc2c(N)c(C(=O)N[C@H]3CCc4nc(N5CC[C@@H]6CNCC[C@@H]65)ccc4C3)sc2n1. The number of carbonyl (C=O) groups is 1. The molecule has 6 rings (SSSR count). The number of amides is 1. The molecule has 7 nitrogen and oxygen atoms in total. The van der Waals surface area contributed by atoms with Gasteiger partial charge in [-0.05, 0) is 81.8 Å². The molecule has 3 aromatic heterocycles. The Labute approximate surface area is 197 Å². The lowest BCUT2D eigenvalue weighted by Gasteiger charge is -2.33. The van der Waals surface area contributed by atoms with Crippen LogP contribution in [-0.2, 0) is 12.8 Å². The first-order valence-corrected chi connectivity index (χ1v) is 12.8. The molecule has 0 aromatic carbocycles. The summed E-state index contributed by atoms with van der Waals surface area (Å²) in [5.74, 6) is 1.78. The Kier molecular flexibility index (Phi) is 5.22. The van der Waals surface area contributed by atoms with Crippen molar-refractivity contribution in [3.05, 3.63) is 46.1 Å². The van der Waals surface area contributed by atoms with E-state index in [0.29, 0.717) is 16.6 Å². The monoisotopic (exact) mass is 462 g/mol. The molecule has 8 heteroatoms. The van der Waals surface area contributed by atoms with Crippen LogP contribution in [0, 0.1) is 12.8 Å². The average molecular weight is 463 g/mol. The second-order valence-electron chi connectivity index (χ2n) is 9.64. The molecule has 1 amide bonds. The van der Waals surface area contributed by atoms with Crippen molar-refractivity contribution < 1.29 is 4.79 Å². The molecule has 0 spiro atoms. The van der Waals surface area contributed by atoms with E-state index in [-0.39, 0.29) is 11.9 Å². The number of thiophene rings is 1. The molecule has 0 bridgehead atoms. The number of aryl methyl sites for hydroxylation is 2. The first kappa shape index (κ1) is 20.9. The van der Waals surface area contributed by atoms with Crippen molar-refractivity contribution >= 4 is 39.0 Å². The maximum absolute atomic E-state index is 13.0. The lowest BCUT2D eigenvalue weighted by molar-refractivity contribution is 0.0938. The van der Waals surface area contributed by atoms with Crippen LogP contribution in [0.2, 0.25) is 0 Å². The minimum atomic E-state index is -0.0970. The van der Waals surface area contributed by atoms with Crippen LogP contribution >= 0.6 is 11.3 Å². The molecule has 3 aromatic rings. The number of nitrogens with one attached hydrogen (secondary N) is 2. The highest BCUT2D eigenvalue weighted by Gasteiger charge is 2.36. The van der Waals surface area contributed by atoms with Gasteiger partial charge < -0.3 is 21.3 Å². The molecule has 172 valence electrons. The van der Waals surface area contributed by atoms with E-state index in [9.17, 15) is 4.79 Å². The van der Waals surface area contributed by atoms with E-state index in [0.717, 1.165) is 66.5 Å². The van der Waals surface area contributed by atoms with E-state index >= 15 is 0 Å². The third kappa shape index (κ3) is 3.75. The summed E-state index contributed by atoms with van der Waals surface area (Å²) in [6, 6.07) is 9.01. The molecule has 2 fully saturated rings. The fraction of sp³-hybridized carbons (Fsp3) is 0.480. The van der Waals surface area contributed by atoms with Gasteiger partial charge in [-0.25, -0.2) is 9.97 Å². The molecule has 4 N–H and O–H groups in total. The summed E-state index contributed by atoms with van der Waals surface area (Å²) in [7, 11) is 0. The largest absolute Gasteiger partial charge is 0.397 e. The number of rotatable bonds is 3. The van der Waals surface area contributed by atoms with Crippen LogP contribution in [0.4, 0.5) is 11.5 Å². The second-order valence-corrected chi connectivity index (χ2v) is 10.6. The lowest BCUT2D eigenvalue weighted by Crippen LogP contribution is -2.44. The summed E-state index contributed by atoms with van der Waals surface area (Å²) in [4.78, 5) is 26.5. The minimum Gasteiger partial charge on any atom is -0.397 e. The molecule has 1 aliphatic carbocycles. The number of carbonyl (C=O) groups excluding carboxylic acids is 1. The zero-order chi connectivity index (χ0) is 22.5. The number of nitrogens with two attached hydrogens (primary N) is 1. The molecule has 3 aliphatic rings. The number of pyridine rings is 2. The number of hydrogen-bond acceptors (Lipinski definition) is 7. The van der Waals surface area contributed by atoms with Gasteiger partial charge in [0.2, 0.25) is 0 Å². The van der Waals surface area contributed by atoms with Gasteiger partial charge in [-0.3, -0.25) is 4.79 Å². The predicted molar refractivity (Wildman–Crippen MR) is 133 cm³/mol. The predicted octanol–water partition coefficient (Wildman–Crippen LogP) is 3.06. The average Bonchev–Trinajstić information content (AvgIpc) is 3.40. The van der Waals surface area contributed by atoms with Crippen LogP contribution in [0.25, 0.3) is 10.2 Å². The fourth-order valence-corrected chi connectivity index (χ4v) is 6.80. The van der Waals surface area contributed by atoms with Gasteiger partial charge in [0, 0.05) is 35.4 Å². The molecule has 33 heavy (non-hydrogen) atoms. The third-order valence-corrected chi connectivity index (χ3v) is 8.64. The minimum absolute atomic E-state index is 0.0949. The smallest absolute Gasteiger partial charge is 0.263 e. The van der Waals surface area contributed by atoms with Crippen LogP contribution < -0.4 is 21.3 Å². The van der Waals surface area contributed by atoms with Crippen molar-refractivity contribution in [1.29, 1.82) is 0 Å². The van der Waals surface area contributed by atoms with Crippen molar-refractivity contribution in [3.63, 3.8) is 0 Å². The molecule has 0 unspecified atom stereocenters. The Morgan fingerprint density at radius 1 is 1.21 bits per heavy atom. The van der Waals surface area contributed by atoms with Crippen molar-refractivity contribution in [2.75, 3.05) is 30.3 Å². The Balaban J connectivity index is 1.16.